The lowest BCUT2D eigenvalue weighted by Gasteiger charge is -2.13. The summed E-state index contributed by atoms with van der Waals surface area (Å²) in [5.74, 6) is 0.657. The van der Waals surface area contributed by atoms with Gasteiger partial charge < -0.3 is 9.26 Å². The van der Waals surface area contributed by atoms with Gasteiger partial charge in [0.05, 0.1) is 29.1 Å². The lowest BCUT2D eigenvalue weighted by Crippen LogP contribution is -2.24. The van der Waals surface area contributed by atoms with E-state index in [-0.39, 0.29) is 6.01 Å². The van der Waals surface area contributed by atoms with Crippen molar-refractivity contribution in [3.05, 3.63) is 42.3 Å². The third-order valence-corrected chi connectivity index (χ3v) is 8.21. The molecule has 32 heavy (non-hydrogen) atoms. The Labute approximate surface area is 185 Å². The number of aryl methyl sites for hydroxylation is 2. The van der Waals surface area contributed by atoms with Gasteiger partial charge in [-0.15, -0.1) is 0 Å². The van der Waals surface area contributed by atoms with E-state index < -0.39 is 15.3 Å². The number of hydrogen-bond donors (Lipinski definition) is 0. The molecule has 0 unspecified atom stereocenters. The topological polar surface area (TPSA) is 113 Å². The molecule has 0 aromatic carbocycles. The molecule has 1 aliphatic rings. The van der Waals surface area contributed by atoms with Crippen LogP contribution in [0.2, 0.25) is 0 Å². The normalized spacial score (nSPS) is 15.0. The van der Waals surface area contributed by atoms with Crippen LogP contribution >= 0.6 is 0 Å². The van der Waals surface area contributed by atoms with Crippen molar-refractivity contribution >= 4 is 21.1 Å². The first-order valence-corrected chi connectivity index (χ1v) is 12.0. The molecule has 166 valence electrons. The van der Waals surface area contributed by atoms with Crippen molar-refractivity contribution in [2.24, 2.45) is 0 Å². The molecular weight excluding hydrogens is 430 g/mol. The Morgan fingerprint density at radius 2 is 1.75 bits per heavy atom. The number of nitrogens with zero attached hydrogens (tertiary/aromatic N) is 5. The maximum Gasteiger partial charge on any atom is 0.316 e. The average Bonchev–Trinajstić information content (AvgIpc) is 3.53. The molecule has 10 heteroatoms. The number of ether oxygens (including phenoxy) is 1. The zero-order valence-corrected chi connectivity index (χ0v) is 18.9. The first-order valence-electron chi connectivity index (χ1n) is 10.5. The monoisotopic (exact) mass is 453 g/mol. The Morgan fingerprint density at radius 1 is 1.06 bits per heavy atom. The molecule has 4 aromatic heterocycles. The number of hydrogen-bond acceptors (Lipinski definition) is 8. The van der Waals surface area contributed by atoms with Gasteiger partial charge in [0.25, 0.3) is 0 Å². The van der Waals surface area contributed by atoms with Crippen LogP contribution in [-0.2, 0) is 10.0 Å². The van der Waals surface area contributed by atoms with E-state index in [4.69, 9.17) is 9.26 Å². The molecule has 9 nitrogen and oxygen atoms in total. The highest BCUT2D eigenvalue weighted by Crippen LogP contribution is 2.36. The van der Waals surface area contributed by atoms with E-state index in [0.29, 0.717) is 40.8 Å². The maximum atomic E-state index is 13.6. The van der Waals surface area contributed by atoms with Crippen LogP contribution in [0.25, 0.3) is 33.3 Å². The molecule has 1 aliphatic carbocycles. The Balaban J connectivity index is 1.75. The molecular formula is C22H23N5O4S. The van der Waals surface area contributed by atoms with Gasteiger partial charge in [0.15, 0.2) is 0 Å². The number of methoxy groups -OCH3 is 1. The van der Waals surface area contributed by atoms with E-state index in [1.807, 2.05) is 19.9 Å². The van der Waals surface area contributed by atoms with Crippen molar-refractivity contribution < 1.29 is 17.7 Å². The molecule has 4 heterocycles. The minimum atomic E-state index is -3.60. The highest BCUT2D eigenvalue weighted by molar-refractivity contribution is 7.90. The zero-order valence-electron chi connectivity index (χ0n) is 18.1. The Kier molecular flexibility index (Phi) is 4.96. The summed E-state index contributed by atoms with van der Waals surface area (Å²) in [6.07, 6.45) is 9.74. The largest absolute Gasteiger partial charge is 0.467 e. The van der Waals surface area contributed by atoms with Gasteiger partial charge in [0.2, 0.25) is 10.0 Å². The first-order chi connectivity index (χ1) is 15.4. The van der Waals surface area contributed by atoms with Crippen LogP contribution in [0.15, 0.2) is 35.4 Å². The molecule has 0 spiro atoms. The van der Waals surface area contributed by atoms with Gasteiger partial charge in [0.1, 0.15) is 5.76 Å². The fourth-order valence-corrected chi connectivity index (χ4v) is 6.35. The van der Waals surface area contributed by atoms with Gasteiger partial charge in [-0.25, -0.2) is 22.4 Å². The molecule has 0 bridgehead atoms. The second kappa shape index (κ2) is 7.70. The van der Waals surface area contributed by atoms with Crippen LogP contribution in [0.1, 0.15) is 37.1 Å². The van der Waals surface area contributed by atoms with Gasteiger partial charge in [-0.3, -0.25) is 4.98 Å². The van der Waals surface area contributed by atoms with E-state index in [1.165, 1.54) is 11.1 Å². The van der Waals surface area contributed by atoms with Gasteiger partial charge in [-0.05, 0) is 32.8 Å². The van der Waals surface area contributed by atoms with Crippen LogP contribution < -0.4 is 4.74 Å². The summed E-state index contributed by atoms with van der Waals surface area (Å²) in [4.78, 5) is 13.0. The first kappa shape index (κ1) is 20.6. The summed E-state index contributed by atoms with van der Waals surface area (Å²) in [6.45, 7) is 3.68. The zero-order chi connectivity index (χ0) is 22.5. The number of rotatable bonds is 5. The molecule has 0 saturated heterocycles. The molecule has 4 aromatic rings. The molecule has 1 fully saturated rings. The lowest BCUT2D eigenvalue weighted by molar-refractivity contribution is 0.380. The van der Waals surface area contributed by atoms with E-state index >= 15 is 0 Å². The van der Waals surface area contributed by atoms with Crippen molar-refractivity contribution in [3.63, 3.8) is 0 Å². The highest BCUT2D eigenvalue weighted by Gasteiger charge is 2.32. The van der Waals surface area contributed by atoms with Crippen molar-refractivity contribution in [2.75, 3.05) is 7.11 Å². The summed E-state index contributed by atoms with van der Waals surface area (Å²) >= 11 is 0. The van der Waals surface area contributed by atoms with E-state index in [0.717, 1.165) is 29.7 Å². The Hall–Kier alpha value is -3.27. The summed E-state index contributed by atoms with van der Waals surface area (Å²) in [5, 5.41) is 3.62. The smallest absolute Gasteiger partial charge is 0.316 e. The second-order valence-electron chi connectivity index (χ2n) is 8.04. The molecule has 0 amide bonds. The number of fused-ring (bicyclic) bond motifs is 1. The molecule has 5 rings (SSSR count). The van der Waals surface area contributed by atoms with E-state index in [9.17, 15) is 8.42 Å². The van der Waals surface area contributed by atoms with Crippen LogP contribution in [-0.4, -0.2) is 44.9 Å². The second-order valence-corrected chi connectivity index (χ2v) is 10.1. The van der Waals surface area contributed by atoms with E-state index in [1.54, 1.807) is 24.8 Å². The summed E-state index contributed by atoms with van der Waals surface area (Å²) in [7, 11) is -2.11. The van der Waals surface area contributed by atoms with Gasteiger partial charge in [-0.1, -0.05) is 18.0 Å². The van der Waals surface area contributed by atoms with Crippen molar-refractivity contribution in [3.8, 4) is 28.3 Å². The molecule has 0 N–H and O–H groups in total. The SMILES string of the molecule is COc1ncc(-c2cn(S(=O)(=O)C3CCCC3)c3cc(-c4c(C)noc4C)cnc23)cn1. The number of pyridine rings is 1. The molecule has 0 atom stereocenters. The van der Waals surface area contributed by atoms with Crippen LogP contribution in [0.5, 0.6) is 6.01 Å². The summed E-state index contributed by atoms with van der Waals surface area (Å²) in [6, 6.07) is 2.08. The average molecular weight is 454 g/mol. The minimum absolute atomic E-state index is 0.240. The third-order valence-electron chi connectivity index (χ3n) is 6.05. The predicted molar refractivity (Wildman–Crippen MR) is 119 cm³/mol. The standard InChI is InChI=1S/C22H23N5O4S/c1-13-20(14(2)31-26-13)15-8-19-21(23-9-15)18(16-10-24-22(30-3)25-11-16)12-27(19)32(28,29)17-6-4-5-7-17/h8-12,17H,4-7H2,1-3H3. The molecule has 0 aliphatic heterocycles. The Bertz CT molecular complexity index is 1380. The van der Waals surface area contributed by atoms with Crippen molar-refractivity contribution in [2.45, 2.75) is 44.8 Å². The lowest BCUT2D eigenvalue weighted by atomic mass is 10.1. The van der Waals surface area contributed by atoms with Gasteiger partial charge in [0, 0.05) is 47.0 Å². The quantitative estimate of drug-likeness (QED) is 0.447. The minimum Gasteiger partial charge on any atom is -0.467 e. The summed E-state index contributed by atoms with van der Waals surface area (Å²) < 4.78 is 38.9. The van der Waals surface area contributed by atoms with Gasteiger partial charge in [-0.2, -0.15) is 0 Å². The number of aromatic nitrogens is 5. The fraction of sp³-hybridized carbons (Fsp3) is 0.364. The fourth-order valence-electron chi connectivity index (χ4n) is 4.44. The van der Waals surface area contributed by atoms with Gasteiger partial charge >= 0.3 is 6.01 Å². The van der Waals surface area contributed by atoms with E-state index in [2.05, 4.69) is 20.1 Å². The summed E-state index contributed by atoms with van der Waals surface area (Å²) in [5.41, 5.74) is 4.69. The van der Waals surface area contributed by atoms with Crippen molar-refractivity contribution in [1.29, 1.82) is 0 Å². The van der Waals surface area contributed by atoms with Crippen LogP contribution in [0, 0.1) is 13.8 Å². The maximum absolute atomic E-state index is 13.6. The highest BCUT2D eigenvalue weighted by atomic mass is 32.2. The predicted octanol–water partition coefficient (Wildman–Crippen LogP) is 3.89. The molecule has 0 radical (unpaired) electrons. The van der Waals surface area contributed by atoms with Crippen LogP contribution in [0.3, 0.4) is 0 Å². The third kappa shape index (κ3) is 3.26. The Morgan fingerprint density at radius 3 is 2.38 bits per heavy atom. The van der Waals surface area contributed by atoms with Crippen molar-refractivity contribution in [1.82, 2.24) is 24.1 Å². The molecule has 1 saturated carbocycles. The van der Waals surface area contributed by atoms with Crippen LogP contribution in [0.4, 0.5) is 0 Å².